The van der Waals surface area contributed by atoms with Gasteiger partial charge in [-0.25, -0.2) is 4.79 Å². The molecule has 0 spiro atoms. The summed E-state index contributed by atoms with van der Waals surface area (Å²) < 4.78 is 2.36. The second kappa shape index (κ2) is 9.66. The summed E-state index contributed by atoms with van der Waals surface area (Å²) in [5.41, 5.74) is 6.50. The van der Waals surface area contributed by atoms with E-state index in [1.807, 2.05) is 12.1 Å². The van der Waals surface area contributed by atoms with Crippen LogP contribution in [0.15, 0.2) is 42.5 Å². The SMILES string of the molecule is CN1CCN(C(O)C2Cc3ccccc3-c3c(C4CCCCC4)c4ccc(C(=O)O)cc4n3C2)CC1. The van der Waals surface area contributed by atoms with Gasteiger partial charge in [0.1, 0.15) is 6.23 Å². The lowest BCUT2D eigenvalue weighted by Gasteiger charge is -2.38. The van der Waals surface area contributed by atoms with Crippen LogP contribution >= 0.6 is 0 Å². The van der Waals surface area contributed by atoms with Crippen LogP contribution in [-0.2, 0) is 13.0 Å². The molecule has 1 saturated carbocycles. The van der Waals surface area contributed by atoms with Gasteiger partial charge in [0.15, 0.2) is 0 Å². The molecule has 6 nitrogen and oxygen atoms in total. The highest BCUT2D eigenvalue weighted by molar-refractivity contribution is 5.98. The third-order valence-corrected chi connectivity index (χ3v) is 8.87. The topological polar surface area (TPSA) is 68.9 Å². The average molecular weight is 488 g/mol. The van der Waals surface area contributed by atoms with Gasteiger partial charge in [0.2, 0.25) is 0 Å². The van der Waals surface area contributed by atoms with Crippen LogP contribution in [-0.4, -0.2) is 70.0 Å². The normalized spacial score (nSPS) is 22.7. The number of hydrogen-bond acceptors (Lipinski definition) is 4. The van der Waals surface area contributed by atoms with Crippen LogP contribution in [0, 0.1) is 5.92 Å². The van der Waals surface area contributed by atoms with Crippen molar-refractivity contribution in [2.24, 2.45) is 5.92 Å². The number of likely N-dealkylation sites (N-methyl/N-ethyl adjacent to an activating group) is 1. The van der Waals surface area contributed by atoms with Crippen LogP contribution in [0.25, 0.3) is 22.2 Å². The van der Waals surface area contributed by atoms with E-state index in [4.69, 9.17) is 0 Å². The summed E-state index contributed by atoms with van der Waals surface area (Å²) in [5, 5.41) is 22.6. The van der Waals surface area contributed by atoms with Crippen molar-refractivity contribution in [3.63, 3.8) is 0 Å². The first-order chi connectivity index (χ1) is 17.5. The fourth-order valence-electron chi connectivity index (χ4n) is 6.89. The number of carboxylic acids is 1. The number of nitrogens with zero attached hydrogens (tertiary/aromatic N) is 3. The highest BCUT2D eigenvalue weighted by Crippen LogP contribution is 2.47. The second-order valence-corrected chi connectivity index (χ2v) is 11.1. The zero-order chi connectivity index (χ0) is 24.8. The summed E-state index contributed by atoms with van der Waals surface area (Å²) in [6.07, 6.45) is 6.44. The van der Waals surface area contributed by atoms with Gasteiger partial charge in [0, 0.05) is 55.1 Å². The van der Waals surface area contributed by atoms with Crippen molar-refractivity contribution in [1.29, 1.82) is 0 Å². The van der Waals surface area contributed by atoms with E-state index in [0.29, 0.717) is 18.0 Å². The smallest absolute Gasteiger partial charge is 0.335 e. The highest BCUT2D eigenvalue weighted by atomic mass is 16.4. The molecule has 6 heteroatoms. The summed E-state index contributed by atoms with van der Waals surface area (Å²) in [6.45, 7) is 4.35. The molecule has 36 heavy (non-hydrogen) atoms. The Morgan fingerprint density at radius 2 is 1.75 bits per heavy atom. The maximum atomic E-state index is 11.9. The van der Waals surface area contributed by atoms with E-state index in [1.54, 1.807) is 6.07 Å². The van der Waals surface area contributed by atoms with E-state index < -0.39 is 12.2 Å². The lowest BCUT2D eigenvalue weighted by molar-refractivity contribution is -0.0618. The molecule has 2 fully saturated rings. The Morgan fingerprint density at radius 1 is 1.00 bits per heavy atom. The molecule has 3 heterocycles. The number of aliphatic hydroxyl groups excluding tert-OH is 1. The fourth-order valence-corrected chi connectivity index (χ4v) is 6.89. The molecule has 2 aromatic carbocycles. The number of aliphatic hydroxyl groups is 1. The predicted molar refractivity (Wildman–Crippen MR) is 142 cm³/mol. The quantitative estimate of drug-likeness (QED) is 0.554. The zero-order valence-corrected chi connectivity index (χ0v) is 21.2. The van der Waals surface area contributed by atoms with Gasteiger partial charge in [-0.15, -0.1) is 0 Å². The molecule has 2 aliphatic heterocycles. The van der Waals surface area contributed by atoms with Gasteiger partial charge in [-0.1, -0.05) is 49.6 Å². The standard InChI is InChI=1S/C30H37N3O3/c1-31-13-15-32(16-14-31)29(34)23-17-21-9-5-6-10-24(21)28-27(20-7-3-2-4-8-20)25-12-11-22(30(35)36)18-26(25)33(28)19-23/h5-6,9-12,18,20,23,29,34H,2-4,7-8,13-17,19H2,1H3,(H,35,36). The third kappa shape index (κ3) is 4.15. The van der Waals surface area contributed by atoms with E-state index in [0.717, 1.165) is 38.1 Å². The number of hydrogen-bond donors (Lipinski definition) is 2. The molecule has 3 aromatic rings. The second-order valence-electron chi connectivity index (χ2n) is 11.1. The zero-order valence-electron chi connectivity index (χ0n) is 21.2. The Balaban J connectivity index is 1.53. The Morgan fingerprint density at radius 3 is 2.50 bits per heavy atom. The van der Waals surface area contributed by atoms with Gasteiger partial charge in [0.05, 0.1) is 11.3 Å². The summed E-state index contributed by atoms with van der Waals surface area (Å²) in [5.74, 6) is -0.380. The maximum Gasteiger partial charge on any atom is 0.335 e. The number of piperazine rings is 1. The fraction of sp³-hybridized carbons (Fsp3) is 0.500. The van der Waals surface area contributed by atoms with Crippen molar-refractivity contribution in [3.8, 4) is 11.3 Å². The minimum absolute atomic E-state index is 0.0269. The summed E-state index contributed by atoms with van der Waals surface area (Å²) in [6, 6.07) is 14.3. The van der Waals surface area contributed by atoms with Crippen LogP contribution < -0.4 is 0 Å². The number of rotatable bonds is 4. The summed E-state index contributed by atoms with van der Waals surface area (Å²) >= 11 is 0. The molecule has 1 aliphatic carbocycles. The summed E-state index contributed by atoms with van der Waals surface area (Å²) in [4.78, 5) is 16.5. The van der Waals surface area contributed by atoms with Crippen molar-refractivity contribution in [3.05, 3.63) is 59.2 Å². The third-order valence-electron chi connectivity index (χ3n) is 8.87. The minimum Gasteiger partial charge on any atom is -0.478 e. The van der Waals surface area contributed by atoms with E-state index in [9.17, 15) is 15.0 Å². The Labute approximate surface area is 213 Å². The van der Waals surface area contributed by atoms with E-state index in [1.165, 1.54) is 59.9 Å². The highest BCUT2D eigenvalue weighted by Gasteiger charge is 2.35. The van der Waals surface area contributed by atoms with Crippen LogP contribution in [0.5, 0.6) is 0 Å². The van der Waals surface area contributed by atoms with Gasteiger partial charge in [-0.05, 0) is 55.5 Å². The molecule has 190 valence electrons. The van der Waals surface area contributed by atoms with E-state index >= 15 is 0 Å². The molecule has 1 saturated heterocycles. The number of carbonyl (C=O) groups is 1. The number of fused-ring (bicyclic) bond motifs is 5. The average Bonchev–Trinajstić information content (AvgIpc) is 3.11. The first-order valence-corrected chi connectivity index (χ1v) is 13.6. The summed E-state index contributed by atoms with van der Waals surface area (Å²) in [7, 11) is 2.14. The first-order valence-electron chi connectivity index (χ1n) is 13.6. The molecule has 2 atom stereocenters. The largest absolute Gasteiger partial charge is 0.478 e. The molecule has 1 aromatic heterocycles. The molecular formula is C30H37N3O3. The lowest BCUT2D eigenvalue weighted by Crippen LogP contribution is -2.52. The van der Waals surface area contributed by atoms with Crippen molar-refractivity contribution in [2.75, 3.05) is 33.2 Å². The van der Waals surface area contributed by atoms with Gasteiger partial charge in [0.25, 0.3) is 0 Å². The van der Waals surface area contributed by atoms with Crippen LogP contribution in [0.2, 0.25) is 0 Å². The molecule has 3 aliphatic rings. The minimum atomic E-state index is -0.894. The Kier molecular flexibility index (Phi) is 6.36. The Hall–Kier alpha value is -2.67. The molecule has 6 rings (SSSR count). The Bertz CT molecular complexity index is 1270. The van der Waals surface area contributed by atoms with Gasteiger partial charge < -0.3 is 19.7 Å². The van der Waals surface area contributed by atoms with Gasteiger partial charge >= 0.3 is 5.97 Å². The lowest BCUT2D eigenvalue weighted by atomic mass is 9.81. The van der Waals surface area contributed by atoms with Crippen molar-refractivity contribution < 1.29 is 15.0 Å². The monoisotopic (exact) mass is 487 g/mol. The van der Waals surface area contributed by atoms with E-state index in [-0.39, 0.29) is 5.92 Å². The number of carboxylic acid groups (broad SMARTS) is 1. The molecular weight excluding hydrogens is 450 g/mol. The number of aromatic nitrogens is 1. The van der Waals surface area contributed by atoms with Gasteiger partial charge in [-0.2, -0.15) is 0 Å². The maximum absolute atomic E-state index is 11.9. The predicted octanol–water partition coefficient (Wildman–Crippen LogP) is 4.79. The van der Waals surface area contributed by atoms with Crippen molar-refractivity contribution in [1.82, 2.24) is 14.4 Å². The van der Waals surface area contributed by atoms with Gasteiger partial charge in [-0.3, -0.25) is 4.90 Å². The molecule has 0 bridgehead atoms. The first kappa shape index (κ1) is 23.7. The molecule has 2 N–H and O–H groups in total. The molecule has 0 radical (unpaired) electrons. The van der Waals surface area contributed by atoms with Crippen LogP contribution in [0.3, 0.4) is 0 Å². The van der Waals surface area contributed by atoms with Crippen molar-refractivity contribution in [2.45, 2.75) is 57.2 Å². The number of benzene rings is 2. The van der Waals surface area contributed by atoms with Crippen molar-refractivity contribution >= 4 is 16.9 Å². The van der Waals surface area contributed by atoms with Crippen LogP contribution in [0.1, 0.15) is 59.5 Å². The van der Waals surface area contributed by atoms with E-state index in [2.05, 4.69) is 45.7 Å². The number of aromatic carboxylic acids is 1. The molecule has 0 amide bonds. The van der Waals surface area contributed by atoms with Crippen LogP contribution in [0.4, 0.5) is 0 Å². The molecule has 2 unspecified atom stereocenters.